The highest BCUT2D eigenvalue weighted by molar-refractivity contribution is 8.03. The summed E-state index contributed by atoms with van der Waals surface area (Å²) in [5, 5.41) is 32.4. The number of nitrogens with one attached hydrogen (secondary N) is 1. The van der Waals surface area contributed by atoms with Gasteiger partial charge in [0.2, 0.25) is 5.91 Å². The van der Waals surface area contributed by atoms with Gasteiger partial charge in [-0.15, -0.1) is 21.1 Å². The third kappa shape index (κ3) is 4.64. The Balaban J connectivity index is 0.00000306. The van der Waals surface area contributed by atoms with Crippen LogP contribution in [0, 0.1) is 11.8 Å². The number of halogens is 1. The first-order valence-electron chi connectivity index (χ1n) is 10.7. The molecule has 33 heavy (non-hydrogen) atoms. The minimum Gasteiger partial charge on any atom is -1.00 e. The van der Waals surface area contributed by atoms with Crippen LogP contribution in [0.3, 0.4) is 0 Å². The van der Waals surface area contributed by atoms with Crippen molar-refractivity contribution in [3.05, 3.63) is 28.6 Å². The van der Waals surface area contributed by atoms with Crippen molar-refractivity contribution < 1.29 is 46.8 Å². The highest BCUT2D eigenvalue weighted by Gasteiger charge is 2.60. The topological polar surface area (TPSA) is 136 Å². The lowest BCUT2D eigenvalue weighted by atomic mass is 9.79. The number of thioether (sulfide) groups is 1. The number of aliphatic hydroxyl groups excluding tert-OH is 1. The number of hydrogen-bond donors (Lipinski definition) is 4. The van der Waals surface area contributed by atoms with Gasteiger partial charge in [0.1, 0.15) is 5.70 Å². The lowest BCUT2D eigenvalue weighted by Crippen LogP contribution is -3.00. The Morgan fingerprint density at radius 1 is 1.36 bits per heavy atom. The summed E-state index contributed by atoms with van der Waals surface area (Å²) < 4.78 is 3.40. The Bertz CT molecular complexity index is 995. The van der Waals surface area contributed by atoms with Gasteiger partial charge in [-0.05, 0) is 19.8 Å². The Hall–Kier alpha value is -2.08. The fraction of sp³-hybridized carbons (Fsp3) is 0.619. The number of rotatable bonds is 8. The lowest BCUT2D eigenvalue weighted by Gasteiger charge is -2.46. The van der Waals surface area contributed by atoms with Gasteiger partial charge in [0.25, 0.3) is 0 Å². The van der Waals surface area contributed by atoms with E-state index in [4.69, 9.17) is 5.11 Å². The molecule has 182 valence electrons. The van der Waals surface area contributed by atoms with Crippen LogP contribution in [0.2, 0.25) is 0 Å². The number of β-lactam (4-membered cyclic amide) rings is 1. The molecule has 0 aliphatic carbocycles. The van der Waals surface area contributed by atoms with Crippen molar-refractivity contribution in [1.82, 2.24) is 14.9 Å². The van der Waals surface area contributed by atoms with Gasteiger partial charge in [-0.1, -0.05) is 6.92 Å². The second-order valence-corrected chi connectivity index (χ2v) is 10.3. The van der Waals surface area contributed by atoms with Crippen LogP contribution in [-0.2, 0) is 34.4 Å². The fourth-order valence-electron chi connectivity index (χ4n) is 5.20. The summed E-state index contributed by atoms with van der Waals surface area (Å²) in [4.78, 5) is 37.5. The molecule has 0 radical (unpaired) electrons. The fourth-order valence-corrected chi connectivity index (χ4v) is 6.72. The van der Waals surface area contributed by atoms with Crippen molar-refractivity contribution >= 4 is 29.6 Å². The molecule has 4 heterocycles. The maximum atomic E-state index is 12.5. The van der Waals surface area contributed by atoms with Gasteiger partial charge in [-0.3, -0.25) is 9.59 Å². The summed E-state index contributed by atoms with van der Waals surface area (Å²) in [6.45, 7) is 4.13. The molecule has 6 atom stereocenters. The molecule has 1 aromatic heterocycles. The molecule has 1 aromatic rings. The van der Waals surface area contributed by atoms with Crippen molar-refractivity contribution in [1.29, 1.82) is 0 Å². The van der Waals surface area contributed by atoms with Crippen LogP contribution >= 0.6 is 11.8 Å². The summed E-state index contributed by atoms with van der Waals surface area (Å²) in [7, 11) is 1.81. The van der Waals surface area contributed by atoms with Crippen molar-refractivity contribution in [2.45, 2.75) is 56.7 Å². The third-order valence-electron chi connectivity index (χ3n) is 6.64. The van der Waals surface area contributed by atoms with E-state index in [9.17, 15) is 24.6 Å². The smallest absolute Gasteiger partial charge is 0.353 e. The highest BCUT2D eigenvalue weighted by Crippen LogP contribution is 2.51. The molecule has 1 amide bonds. The molecule has 0 bridgehead atoms. The normalized spacial score (nSPS) is 29.5. The van der Waals surface area contributed by atoms with Crippen LogP contribution in [0.15, 0.2) is 23.0 Å². The molecule has 2 fully saturated rings. The molecule has 3 aliphatic rings. The molecule has 4 rings (SSSR count). The number of carboxylic acids is 2. The summed E-state index contributed by atoms with van der Waals surface area (Å²) >= 11 is 1.53. The maximum Gasteiger partial charge on any atom is 0.353 e. The number of fused-ring (bicyclic) bond motifs is 1. The van der Waals surface area contributed by atoms with Gasteiger partial charge in [-0.2, -0.15) is 0 Å². The summed E-state index contributed by atoms with van der Waals surface area (Å²) in [5.74, 6) is -3.00. The van der Waals surface area contributed by atoms with E-state index in [0.717, 1.165) is 24.9 Å². The second-order valence-electron chi connectivity index (χ2n) is 8.95. The number of aliphatic carboxylic acids is 2. The molecule has 0 saturated carbocycles. The molecule has 4 N–H and O–H groups in total. The molecule has 0 unspecified atom stereocenters. The first-order valence-corrected chi connectivity index (χ1v) is 11.6. The SMILES string of the molecule is C[C@@H](O)[C@H]1C(=O)N2C(C(=O)O)=C(S[C@@H]3CN[C@H](Cc4cn(CC(=O)O)[n+](C)c4)C3)[C@H](C)[C@H]12.[Cl-]. The van der Waals surface area contributed by atoms with Crippen molar-refractivity contribution in [2.24, 2.45) is 18.9 Å². The maximum absolute atomic E-state index is 12.5. The molecular formula is C21H29ClN4O6S. The van der Waals surface area contributed by atoms with Gasteiger partial charge in [-0.25, -0.2) is 4.79 Å². The van der Waals surface area contributed by atoms with Crippen LogP contribution < -0.4 is 22.4 Å². The Labute approximate surface area is 202 Å². The van der Waals surface area contributed by atoms with Gasteiger partial charge < -0.3 is 37.9 Å². The van der Waals surface area contributed by atoms with E-state index >= 15 is 0 Å². The largest absolute Gasteiger partial charge is 1.00 e. The molecule has 0 aromatic carbocycles. The first-order chi connectivity index (χ1) is 15.1. The summed E-state index contributed by atoms with van der Waals surface area (Å²) in [6, 6.07) is -0.0992. The standard InChI is InChI=1S/C21H28N4O6S.ClH/c1-10-17-16(11(2)26)20(29)25(17)18(21(30)31)19(10)32-14-5-13(22-6-14)4-12-7-23(3)24(8-12)9-15(27)28;/h7-8,10-11,13-14,16-17,22,26H,4-6,9H2,1-3H3,(H-,27,28,30,31);1H/t10-,11-,13-,14+,16-,17-;/m1./s1. The molecule has 3 aliphatic heterocycles. The van der Waals surface area contributed by atoms with Crippen molar-refractivity contribution in [2.75, 3.05) is 6.54 Å². The number of aliphatic hydroxyl groups is 1. The highest BCUT2D eigenvalue weighted by atomic mass is 35.5. The lowest BCUT2D eigenvalue weighted by molar-refractivity contribution is -0.752. The Kier molecular flexibility index (Phi) is 7.47. The van der Waals surface area contributed by atoms with Crippen LogP contribution in [0.25, 0.3) is 0 Å². The van der Waals surface area contributed by atoms with Crippen LogP contribution in [0.5, 0.6) is 0 Å². The number of nitrogens with zero attached hydrogens (tertiary/aromatic N) is 3. The zero-order chi connectivity index (χ0) is 23.3. The van der Waals surface area contributed by atoms with Crippen molar-refractivity contribution in [3.8, 4) is 0 Å². The number of carbonyl (C=O) groups excluding carboxylic acids is 1. The average molecular weight is 501 g/mol. The molecule has 2 saturated heterocycles. The van der Waals surface area contributed by atoms with Crippen LogP contribution in [-0.4, -0.2) is 72.7 Å². The monoisotopic (exact) mass is 500 g/mol. The minimum atomic E-state index is -1.10. The van der Waals surface area contributed by atoms with Gasteiger partial charge in [0.05, 0.1) is 24.3 Å². The van der Waals surface area contributed by atoms with E-state index in [1.165, 1.54) is 16.7 Å². The molecule has 12 heteroatoms. The number of carboxylic acid groups (broad SMARTS) is 2. The number of hydrogen-bond acceptors (Lipinski definition) is 6. The Morgan fingerprint density at radius 3 is 2.67 bits per heavy atom. The summed E-state index contributed by atoms with van der Waals surface area (Å²) in [6.07, 6.45) is 4.53. The quantitative estimate of drug-likeness (QED) is 0.214. The Morgan fingerprint density at radius 2 is 2.06 bits per heavy atom. The number of aromatic nitrogens is 2. The van der Waals surface area contributed by atoms with Crippen molar-refractivity contribution in [3.63, 3.8) is 0 Å². The average Bonchev–Trinajstić information content (AvgIpc) is 3.32. The van der Waals surface area contributed by atoms with E-state index in [1.807, 2.05) is 19.3 Å². The number of carbonyl (C=O) groups is 3. The van der Waals surface area contributed by atoms with Gasteiger partial charge in [0, 0.05) is 34.2 Å². The number of amides is 1. The van der Waals surface area contributed by atoms with E-state index in [0.29, 0.717) is 4.91 Å². The van der Waals surface area contributed by atoms with E-state index in [-0.39, 0.29) is 53.8 Å². The van der Waals surface area contributed by atoms with E-state index in [2.05, 4.69) is 5.32 Å². The zero-order valence-corrected chi connectivity index (χ0v) is 20.2. The third-order valence-corrected chi connectivity index (χ3v) is 8.15. The van der Waals surface area contributed by atoms with Gasteiger partial charge >= 0.3 is 11.9 Å². The predicted octanol–water partition coefficient (Wildman–Crippen LogP) is -3.44. The first kappa shape index (κ1) is 25.5. The van der Waals surface area contributed by atoms with Gasteiger partial charge in [0.15, 0.2) is 19.8 Å². The van der Waals surface area contributed by atoms with Crippen LogP contribution in [0.1, 0.15) is 25.8 Å². The zero-order valence-electron chi connectivity index (χ0n) is 18.6. The van der Waals surface area contributed by atoms with Crippen LogP contribution in [0.4, 0.5) is 0 Å². The predicted molar refractivity (Wildman–Crippen MR) is 114 cm³/mol. The molecule has 0 spiro atoms. The minimum absolute atomic E-state index is 0. The number of aryl methyl sites for hydroxylation is 1. The molecule has 10 nitrogen and oxygen atoms in total. The van der Waals surface area contributed by atoms with E-state index in [1.54, 1.807) is 23.3 Å². The molecular weight excluding hydrogens is 472 g/mol. The second kappa shape index (κ2) is 9.65. The van der Waals surface area contributed by atoms with E-state index < -0.39 is 24.0 Å². The summed E-state index contributed by atoms with van der Waals surface area (Å²) in [5.41, 5.74) is 1.10.